The Morgan fingerprint density at radius 1 is 1.14 bits per heavy atom. The van der Waals surface area contributed by atoms with Crippen molar-refractivity contribution < 1.29 is 0 Å². The molecule has 0 radical (unpaired) electrons. The van der Waals surface area contributed by atoms with Crippen LogP contribution in [0.4, 0.5) is 5.69 Å². The van der Waals surface area contributed by atoms with Crippen molar-refractivity contribution in [1.29, 1.82) is 0 Å². The maximum absolute atomic E-state index is 5.84. The lowest BCUT2D eigenvalue weighted by Crippen LogP contribution is -2.10. The summed E-state index contributed by atoms with van der Waals surface area (Å²) in [6.45, 7) is 2.37. The van der Waals surface area contributed by atoms with Crippen LogP contribution in [0.2, 0.25) is 0 Å². The Morgan fingerprint density at radius 3 is 2.57 bits per heavy atom. The first-order valence-electron chi connectivity index (χ1n) is 5.13. The van der Waals surface area contributed by atoms with Crippen molar-refractivity contribution in [3.05, 3.63) is 36.0 Å². The molecule has 74 valence electrons. The standard InChI is InChI=1S/C12H16N2/c13-12-6-2-1-5-11(12)7-10-14-8-3-4-9-14/h1-2,5-7,10H,3-4,8-9,13H2/b10-7+. The Bertz CT molecular complexity index is 325. The van der Waals surface area contributed by atoms with E-state index in [0.717, 1.165) is 11.3 Å². The van der Waals surface area contributed by atoms with Crippen LogP contribution in [-0.2, 0) is 0 Å². The van der Waals surface area contributed by atoms with E-state index >= 15 is 0 Å². The number of nitrogens with two attached hydrogens (primary N) is 1. The molecule has 0 spiro atoms. The third-order valence-corrected chi connectivity index (χ3v) is 2.60. The van der Waals surface area contributed by atoms with Gasteiger partial charge >= 0.3 is 0 Å². The minimum absolute atomic E-state index is 0.850. The van der Waals surface area contributed by atoms with Crippen LogP contribution >= 0.6 is 0 Å². The van der Waals surface area contributed by atoms with E-state index in [1.54, 1.807) is 0 Å². The highest BCUT2D eigenvalue weighted by molar-refractivity contribution is 5.63. The average Bonchev–Trinajstić information content (AvgIpc) is 2.69. The third-order valence-electron chi connectivity index (χ3n) is 2.60. The quantitative estimate of drug-likeness (QED) is 0.722. The molecule has 1 aromatic carbocycles. The number of rotatable bonds is 2. The van der Waals surface area contributed by atoms with E-state index < -0.39 is 0 Å². The second-order valence-electron chi connectivity index (χ2n) is 3.69. The summed E-state index contributed by atoms with van der Waals surface area (Å²) in [5, 5.41) is 0. The number of para-hydroxylation sites is 1. The van der Waals surface area contributed by atoms with Crippen molar-refractivity contribution in [2.75, 3.05) is 18.8 Å². The van der Waals surface area contributed by atoms with Gasteiger partial charge in [0.05, 0.1) is 0 Å². The Morgan fingerprint density at radius 2 is 1.86 bits per heavy atom. The number of nitrogen functional groups attached to an aromatic ring is 1. The molecule has 0 saturated carbocycles. The fourth-order valence-electron chi connectivity index (χ4n) is 1.74. The van der Waals surface area contributed by atoms with Gasteiger partial charge in [-0.2, -0.15) is 0 Å². The number of anilines is 1. The molecule has 0 bridgehead atoms. The molecular formula is C12H16N2. The molecule has 1 heterocycles. The van der Waals surface area contributed by atoms with Gasteiger partial charge in [0, 0.05) is 18.8 Å². The van der Waals surface area contributed by atoms with Crippen LogP contribution in [0.3, 0.4) is 0 Å². The van der Waals surface area contributed by atoms with Crippen LogP contribution < -0.4 is 5.73 Å². The van der Waals surface area contributed by atoms with Gasteiger partial charge in [-0.1, -0.05) is 18.2 Å². The molecule has 0 aliphatic carbocycles. The number of nitrogens with zero attached hydrogens (tertiary/aromatic N) is 1. The lowest BCUT2D eigenvalue weighted by Gasteiger charge is -2.10. The summed E-state index contributed by atoms with van der Waals surface area (Å²) >= 11 is 0. The Hall–Kier alpha value is -1.44. The van der Waals surface area contributed by atoms with Gasteiger partial charge in [-0.25, -0.2) is 0 Å². The van der Waals surface area contributed by atoms with Crippen LogP contribution in [0.1, 0.15) is 18.4 Å². The predicted molar refractivity (Wildman–Crippen MR) is 60.7 cm³/mol. The van der Waals surface area contributed by atoms with Crippen LogP contribution in [0.15, 0.2) is 30.5 Å². The fraction of sp³-hybridized carbons (Fsp3) is 0.333. The zero-order valence-electron chi connectivity index (χ0n) is 8.32. The molecule has 1 fully saturated rings. The molecular weight excluding hydrogens is 172 g/mol. The van der Waals surface area contributed by atoms with Crippen LogP contribution in [0, 0.1) is 0 Å². The third kappa shape index (κ3) is 2.08. The van der Waals surface area contributed by atoms with E-state index in [2.05, 4.69) is 17.2 Å². The number of hydrogen-bond donors (Lipinski definition) is 1. The van der Waals surface area contributed by atoms with Crippen LogP contribution in [0.25, 0.3) is 6.08 Å². The van der Waals surface area contributed by atoms with Gasteiger partial charge in [-0.15, -0.1) is 0 Å². The van der Waals surface area contributed by atoms with Crippen molar-refractivity contribution >= 4 is 11.8 Å². The van der Waals surface area contributed by atoms with Crippen molar-refractivity contribution in [3.63, 3.8) is 0 Å². The molecule has 14 heavy (non-hydrogen) atoms. The van der Waals surface area contributed by atoms with Gasteiger partial charge in [0.15, 0.2) is 0 Å². The van der Waals surface area contributed by atoms with Gasteiger partial charge < -0.3 is 10.6 Å². The van der Waals surface area contributed by atoms with Gasteiger partial charge in [-0.3, -0.25) is 0 Å². The molecule has 0 aromatic heterocycles. The fourth-order valence-corrected chi connectivity index (χ4v) is 1.74. The highest BCUT2D eigenvalue weighted by Gasteiger charge is 2.05. The molecule has 2 rings (SSSR count). The van der Waals surface area contributed by atoms with Crippen molar-refractivity contribution in [2.24, 2.45) is 0 Å². The van der Waals surface area contributed by atoms with Crippen LogP contribution in [-0.4, -0.2) is 18.0 Å². The largest absolute Gasteiger partial charge is 0.398 e. The Balaban J connectivity index is 2.06. The molecule has 2 heteroatoms. The molecule has 2 nitrogen and oxygen atoms in total. The monoisotopic (exact) mass is 188 g/mol. The highest BCUT2D eigenvalue weighted by atomic mass is 15.1. The molecule has 1 aliphatic rings. The summed E-state index contributed by atoms with van der Waals surface area (Å²) in [5.41, 5.74) is 7.80. The summed E-state index contributed by atoms with van der Waals surface area (Å²) in [6, 6.07) is 7.95. The highest BCUT2D eigenvalue weighted by Crippen LogP contribution is 2.14. The zero-order chi connectivity index (χ0) is 9.80. The van der Waals surface area contributed by atoms with Gasteiger partial charge in [0.2, 0.25) is 0 Å². The molecule has 1 saturated heterocycles. The van der Waals surface area contributed by atoms with E-state index in [1.165, 1.54) is 25.9 Å². The van der Waals surface area contributed by atoms with E-state index in [0.29, 0.717) is 0 Å². The van der Waals surface area contributed by atoms with Gasteiger partial charge in [0.1, 0.15) is 0 Å². The van der Waals surface area contributed by atoms with Gasteiger partial charge in [-0.05, 0) is 36.7 Å². The second-order valence-corrected chi connectivity index (χ2v) is 3.69. The Labute approximate surface area is 85.0 Å². The second kappa shape index (κ2) is 4.18. The first-order valence-corrected chi connectivity index (χ1v) is 5.13. The SMILES string of the molecule is Nc1ccccc1/C=C/N1CCCC1. The first-order chi connectivity index (χ1) is 6.86. The zero-order valence-corrected chi connectivity index (χ0v) is 8.32. The normalized spacial score (nSPS) is 16.7. The van der Waals surface area contributed by atoms with E-state index in [9.17, 15) is 0 Å². The minimum Gasteiger partial charge on any atom is -0.398 e. The van der Waals surface area contributed by atoms with E-state index in [-0.39, 0.29) is 0 Å². The topological polar surface area (TPSA) is 29.3 Å². The molecule has 2 N–H and O–H groups in total. The predicted octanol–water partition coefficient (Wildman–Crippen LogP) is 2.34. The summed E-state index contributed by atoms with van der Waals surface area (Å²) in [5.74, 6) is 0. The molecule has 0 atom stereocenters. The van der Waals surface area contributed by atoms with E-state index in [1.807, 2.05) is 24.3 Å². The number of hydrogen-bond acceptors (Lipinski definition) is 2. The van der Waals surface area contributed by atoms with E-state index in [4.69, 9.17) is 5.73 Å². The molecule has 1 aliphatic heterocycles. The summed E-state index contributed by atoms with van der Waals surface area (Å²) in [7, 11) is 0. The average molecular weight is 188 g/mol. The molecule has 0 unspecified atom stereocenters. The summed E-state index contributed by atoms with van der Waals surface area (Å²) in [6.07, 6.45) is 6.88. The number of likely N-dealkylation sites (tertiary alicyclic amines) is 1. The van der Waals surface area contributed by atoms with Crippen molar-refractivity contribution in [3.8, 4) is 0 Å². The lowest BCUT2D eigenvalue weighted by molar-refractivity contribution is 0.471. The van der Waals surface area contributed by atoms with Crippen molar-refractivity contribution in [1.82, 2.24) is 4.90 Å². The first kappa shape index (κ1) is 9.13. The van der Waals surface area contributed by atoms with Crippen molar-refractivity contribution in [2.45, 2.75) is 12.8 Å². The molecule has 0 amide bonds. The lowest BCUT2D eigenvalue weighted by atomic mass is 10.2. The smallest absolute Gasteiger partial charge is 0.0388 e. The number of benzene rings is 1. The van der Waals surface area contributed by atoms with Crippen LogP contribution in [0.5, 0.6) is 0 Å². The minimum atomic E-state index is 0.850. The maximum atomic E-state index is 5.84. The summed E-state index contributed by atoms with van der Waals surface area (Å²) < 4.78 is 0. The molecule has 1 aromatic rings. The van der Waals surface area contributed by atoms with Gasteiger partial charge in [0.25, 0.3) is 0 Å². The maximum Gasteiger partial charge on any atom is 0.0388 e. The summed E-state index contributed by atoms with van der Waals surface area (Å²) in [4.78, 5) is 2.34. The Kier molecular flexibility index (Phi) is 2.73.